The van der Waals surface area contributed by atoms with E-state index >= 15 is 0 Å². The fraction of sp³-hybridized carbons (Fsp3) is 0.0625. The van der Waals surface area contributed by atoms with Gasteiger partial charge in [-0.1, -0.05) is 0 Å². The van der Waals surface area contributed by atoms with Gasteiger partial charge in [0, 0.05) is 23.2 Å². The lowest BCUT2D eigenvalue weighted by Crippen LogP contribution is -2.11. The van der Waals surface area contributed by atoms with Crippen molar-refractivity contribution in [2.75, 3.05) is 5.32 Å². The topological polar surface area (TPSA) is 90.0 Å². The van der Waals surface area contributed by atoms with Gasteiger partial charge < -0.3 is 9.88 Å². The van der Waals surface area contributed by atoms with Crippen LogP contribution in [0, 0.1) is 0 Å². The van der Waals surface area contributed by atoms with Crippen molar-refractivity contribution in [1.82, 2.24) is 9.55 Å². The molecule has 3 aromatic rings. The molecule has 1 aromatic heterocycles. The number of nitrogens with two attached hydrogens (primary N) is 1. The summed E-state index contributed by atoms with van der Waals surface area (Å²) < 4.78 is 13.6. The van der Waals surface area contributed by atoms with E-state index in [0.29, 0.717) is 16.4 Å². The van der Waals surface area contributed by atoms with Gasteiger partial charge in [-0.15, -0.1) is 0 Å². The highest BCUT2D eigenvalue weighted by Gasteiger charge is 2.09. The van der Waals surface area contributed by atoms with Crippen LogP contribution in [0.15, 0.2) is 47.4 Å². The van der Waals surface area contributed by atoms with Crippen molar-refractivity contribution >= 4 is 44.5 Å². The van der Waals surface area contributed by atoms with Crippen LogP contribution in [-0.2, 0) is 16.8 Å². The number of aldehydes is 1. The first-order valence-corrected chi connectivity index (χ1v) is 8.61. The number of benzene rings is 2. The van der Waals surface area contributed by atoms with Gasteiger partial charge in [-0.3, -0.25) is 9.93 Å². The summed E-state index contributed by atoms with van der Waals surface area (Å²) in [7, 11) is -0.826. The molecule has 0 aliphatic heterocycles. The van der Waals surface area contributed by atoms with Gasteiger partial charge in [-0.25, -0.2) is 9.19 Å². The zero-order valence-corrected chi connectivity index (χ0v) is 13.3. The first-order valence-electron chi connectivity index (χ1n) is 6.82. The normalized spacial score (nSPS) is 13.7. The molecule has 0 spiro atoms. The van der Waals surface area contributed by atoms with Crippen molar-refractivity contribution in [2.45, 2.75) is 4.90 Å². The van der Waals surface area contributed by atoms with Crippen LogP contribution in [0.5, 0.6) is 0 Å². The number of fused-ring (bicyclic) bond motifs is 1. The Balaban J connectivity index is 1.95. The molecule has 0 aliphatic carbocycles. The molecule has 0 saturated carbocycles. The van der Waals surface area contributed by atoms with Gasteiger partial charge in [-0.05, 0) is 48.3 Å². The van der Waals surface area contributed by atoms with Gasteiger partial charge in [0.2, 0.25) is 5.95 Å². The number of nitrogens with zero attached hydrogens (tertiary/aromatic N) is 2. The average molecular weight is 328 g/mol. The maximum absolute atomic E-state index is 11.7. The summed E-state index contributed by atoms with van der Waals surface area (Å²) in [6, 6.07) is 12.2. The molecule has 0 saturated heterocycles. The zero-order valence-electron chi connectivity index (χ0n) is 12.5. The van der Waals surface area contributed by atoms with Crippen LogP contribution in [-0.4, -0.2) is 25.9 Å². The van der Waals surface area contributed by atoms with Crippen molar-refractivity contribution in [2.24, 2.45) is 12.2 Å². The third-order valence-electron chi connectivity index (χ3n) is 3.55. The number of hydrogen-bond acceptors (Lipinski definition) is 4. The summed E-state index contributed by atoms with van der Waals surface area (Å²) in [6.07, 6.45) is 0.795. The fourth-order valence-electron chi connectivity index (χ4n) is 2.30. The van der Waals surface area contributed by atoms with Crippen molar-refractivity contribution < 1.29 is 9.00 Å². The van der Waals surface area contributed by atoms with Crippen molar-refractivity contribution in [3.05, 3.63) is 48.0 Å². The van der Waals surface area contributed by atoms with E-state index in [4.69, 9.17) is 5.14 Å². The van der Waals surface area contributed by atoms with Crippen molar-refractivity contribution in [3.8, 4) is 0 Å². The van der Waals surface area contributed by atoms with Crippen LogP contribution < -0.4 is 10.5 Å². The predicted octanol–water partition coefficient (Wildman–Crippen LogP) is 2.08. The number of rotatable bonds is 4. The van der Waals surface area contributed by atoms with E-state index in [2.05, 4.69) is 16.2 Å². The SMILES string of the molecule is C=S(N)(=O)c1ccc(Nc2nc3cc(C=O)ccc3n2C)cc1. The van der Waals surface area contributed by atoms with Crippen LogP contribution in [0.1, 0.15) is 10.4 Å². The quantitative estimate of drug-likeness (QED) is 0.567. The lowest BCUT2D eigenvalue weighted by Gasteiger charge is -2.08. The predicted molar refractivity (Wildman–Crippen MR) is 93.5 cm³/mol. The number of aryl methyl sites for hydroxylation is 1. The van der Waals surface area contributed by atoms with E-state index in [-0.39, 0.29) is 0 Å². The summed E-state index contributed by atoms with van der Waals surface area (Å²) in [5.74, 6) is 4.09. The Hall–Kier alpha value is -2.64. The summed E-state index contributed by atoms with van der Waals surface area (Å²) in [5, 5.41) is 8.70. The molecule has 0 fully saturated rings. The highest BCUT2D eigenvalue weighted by Crippen LogP contribution is 2.23. The first-order chi connectivity index (χ1) is 10.9. The molecule has 2 aromatic carbocycles. The molecular formula is C16H16N4O2S. The van der Waals surface area contributed by atoms with Crippen LogP contribution in [0.25, 0.3) is 11.0 Å². The molecule has 1 heterocycles. The molecule has 0 radical (unpaired) electrons. The number of hydrogen-bond donors (Lipinski definition) is 2. The Morgan fingerprint density at radius 1 is 1.26 bits per heavy atom. The molecule has 0 bridgehead atoms. The van der Waals surface area contributed by atoms with Crippen LogP contribution in [0.2, 0.25) is 0 Å². The van der Waals surface area contributed by atoms with Crippen LogP contribution in [0.3, 0.4) is 0 Å². The standard InChI is InChI=1S/C16H16N4O2S/c1-20-15-8-3-11(10-21)9-14(15)19-16(20)18-12-4-6-13(7-5-12)23(2,17)22/h3-10H,2H2,1H3,(H2,17,22)(H,18,19). The number of anilines is 2. The Morgan fingerprint density at radius 3 is 2.57 bits per heavy atom. The van der Waals surface area contributed by atoms with Crippen LogP contribution >= 0.6 is 0 Å². The lowest BCUT2D eigenvalue weighted by molar-refractivity contribution is 0.112. The first kappa shape index (κ1) is 15.3. The van der Waals surface area contributed by atoms with Gasteiger partial charge >= 0.3 is 0 Å². The number of carbonyl (C=O) groups is 1. The third kappa shape index (κ3) is 2.96. The van der Waals surface area contributed by atoms with E-state index in [9.17, 15) is 9.00 Å². The average Bonchev–Trinajstić information content (AvgIpc) is 2.82. The minimum atomic E-state index is -2.71. The maximum atomic E-state index is 11.7. The summed E-state index contributed by atoms with van der Waals surface area (Å²) in [4.78, 5) is 15.8. The maximum Gasteiger partial charge on any atom is 0.208 e. The molecule has 118 valence electrons. The highest BCUT2D eigenvalue weighted by molar-refractivity contribution is 7.98. The molecule has 6 nitrogen and oxygen atoms in total. The van der Waals surface area contributed by atoms with E-state index in [1.807, 2.05) is 17.7 Å². The van der Waals surface area contributed by atoms with Gasteiger partial charge in [0.1, 0.15) is 6.29 Å². The van der Waals surface area contributed by atoms with Crippen molar-refractivity contribution in [1.29, 1.82) is 0 Å². The Morgan fingerprint density at radius 2 is 1.96 bits per heavy atom. The molecule has 3 N–H and O–H groups in total. The summed E-state index contributed by atoms with van der Waals surface area (Å²) in [5.41, 5.74) is 3.02. The van der Waals surface area contributed by atoms with E-state index in [1.165, 1.54) is 0 Å². The van der Waals surface area contributed by atoms with Crippen molar-refractivity contribution in [3.63, 3.8) is 0 Å². The highest BCUT2D eigenvalue weighted by atomic mass is 32.2. The Labute approximate surface area is 134 Å². The number of nitrogens with one attached hydrogen (secondary N) is 1. The minimum absolute atomic E-state index is 0.490. The smallest absolute Gasteiger partial charge is 0.208 e. The van der Waals surface area contributed by atoms with Gasteiger partial charge in [0.15, 0.2) is 0 Å². The Bertz CT molecular complexity index is 989. The van der Waals surface area contributed by atoms with Crippen LogP contribution in [0.4, 0.5) is 11.6 Å². The number of imidazole rings is 1. The second-order valence-electron chi connectivity index (χ2n) is 5.24. The lowest BCUT2D eigenvalue weighted by atomic mass is 10.2. The number of carbonyl (C=O) groups excluding carboxylic acids is 1. The number of aromatic nitrogens is 2. The summed E-state index contributed by atoms with van der Waals surface area (Å²) >= 11 is 0. The van der Waals surface area contributed by atoms with Gasteiger partial charge in [0.25, 0.3) is 0 Å². The molecule has 1 atom stereocenters. The molecule has 3 rings (SSSR count). The second kappa shape index (κ2) is 5.53. The molecule has 23 heavy (non-hydrogen) atoms. The van der Waals surface area contributed by atoms with E-state index in [0.717, 1.165) is 23.0 Å². The largest absolute Gasteiger partial charge is 0.326 e. The van der Waals surface area contributed by atoms with E-state index < -0.39 is 9.71 Å². The fourth-order valence-corrected chi connectivity index (χ4v) is 2.90. The molecule has 0 amide bonds. The molecule has 7 heteroatoms. The Kier molecular flexibility index (Phi) is 3.67. The third-order valence-corrected chi connectivity index (χ3v) is 4.62. The monoisotopic (exact) mass is 328 g/mol. The molecular weight excluding hydrogens is 312 g/mol. The van der Waals surface area contributed by atoms with E-state index in [1.54, 1.807) is 36.4 Å². The van der Waals surface area contributed by atoms with Gasteiger partial charge in [0.05, 0.1) is 20.7 Å². The zero-order chi connectivity index (χ0) is 16.6. The summed E-state index contributed by atoms with van der Waals surface area (Å²) in [6.45, 7) is 0. The second-order valence-corrected chi connectivity index (χ2v) is 7.16. The molecule has 0 aliphatic rings. The molecule has 1 unspecified atom stereocenters. The minimum Gasteiger partial charge on any atom is -0.326 e. The van der Waals surface area contributed by atoms with Gasteiger partial charge in [-0.2, -0.15) is 0 Å².